The fourth-order valence-electron chi connectivity index (χ4n) is 1.64. The number of benzene rings is 1. The van der Waals surface area contributed by atoms with Crippen molar-refractivity contribution in [1.82, 2.24) is 4.98 Å². The summed E-state index contributed by atoms with van der Waals surface area (Å²) in [4.78, 5) is 15.8. The van der Waals surface area contributed by atoms with Crippen molar-refractivity contribution in [2.45, 2.75) is 13.0 Å². The number of nitrogens with two attached hydrogens (primary N) is 1. The Morgan fingerprint density at radius 3 is 2.74 bits per heavy atom. The SMILES string of the molecule is NCc1ccc(NC(=O)Cc2cccc(F)c2)nc1. The summed E-state index contributed by atoms with van der Waals surface area (Å²) in [5.74, 6) is -0.132. The zero-order chi connectivity index (χ0) is 13.7. The molecule has 4 nitrogen and oxygen atoms in total. The van der Waals surface area contributed by atoms with Crippen LogP contribution in [-0.4, -0.2) is 10.9 Å². The number of rotatable bonds is 4. The maximum Gasteiger partial charge on any atom is 0.229 e. The number of amides is 1. The Hall–Kier alpha value is -2.27. The number of nitrogens with zero attached hydrogens (tertiary/aromatic N) is 1. The van der Waals surface area contributed by atoms with E-state index in [0.29, 0.717) is 17.9 Å². The van der Waals surface area contributed by atoms with Gasteiger partial charge in [-0.25, -0.2) is 9.37 Å². The molecule has 2 aromatic rings. The van der Waals surface area contributed by atoms with Gasteiger partial charge in [0.15, 0.2) is 0 Å². The summed E-state index contributed by atoms with van der Waals surface area (Å²) in [6.07, 6.45) is 1.72. The molecular formula is C14H14FN3O. The van der Waals surface area contributed by atoms with E-state index in [9.17, 15) is 9.18 Å². The summed E-state index contributed by atoms with van der Waals surface area (Å²) in [5, 5.41) is 2.65. The smallest absolute Gasteiger partial charge is 0.229 e. The van der Waals surface area contributed by atoms with Gasteiger partial charge in [-0.15, -0.1) is 0 Å². The minimum absolute atomic E-state index is 0.109. The monoisotopic (exact) mass is 259 g/mol. The maximum atomic E-state index is 13.0. The molecule has 0 aliphatic heterocycles. The van der Waals surface area contributed by atoms with E-state index < -0.39 is 0 Å². The van der Waals surface area contributed by atoms with Crippen molar-refractivity contribution in [1.29, 1.82) is 0 Å². The van der Waals surface area contributed by atoms with Crippen LogP contribution < -0.4 is 11.1 Å². The first-order chi connectivity index (χ1) is 9.17. The molecule has 0 aliphatic rings. The third-order valence-electron chi connectivity index (χ3n) is 2.58. The molecule has 0 aliphatic carbocycles. The Morgan fingerprint density at radius 1 is 1.26 bits per heavy atom. The molecule has 0 atom stereocenters. The number of hydrogen-bond acceptors (Lipinski definition) is 3. The summed E-state index contributed by atoms with van der Waals surface area (Å²) in [6, 6.07) is 9.44. The van der Waals surface area contributed by atoms with E-state index in [4.69, 9.17) is 5.73 Å². The average Bonchev–Trinajstić information content (AvgIpc) is 2.39. The Labute approximate surface area is 110 Å². The molecule has 1 aromatic carbocycles. The molecule has 1 amide bonds. The lowest BCUT2D eigenvalue weighted by Crippen LogP contribution is -2.15. The van der Waals surface area contributed by atoms with Crippen LogP contribution in [0.5, 0.6) is 0 Å². The van der Waals surface area contributed by atoms with Crippen LogP contribution in [0.2, 0.25) is 0 Å². The molecule has 0 bridgehead atoms. The fraction of sp³-hybridized carbons (Fsp3) is 0.143. The zero-order valence-corrected chi connectivity index (χ0v) is 10.3. The van der Waals surface area contributed by atoms with Gasteiger partial charge < -0.3 is 11.1 Å². The summed E-state index contributed by atoms with van der Waals surface area (Å²) < 4.78 is 13.0. The highest BCUT2D eigenvalue weighted by Crippen LogP contribution is 2.08. The first-order valence-corrected chi connectivity index (χ1v) is 5.86. The number of anilines is 1. The number of carbonyl (C=O) groups excluding carboxylic acids is 1. The summed E-state index contributed by atoms with van der Waals surface area (Å²) in [6.45, 7) is 0.407. The molecule has 0 fully saturated rings. The van der Waals surface area contributed by atoms with Crippen LogP contribution >= 0.6 is 0 Å². The van der Waals surface area contributed by atoms with Crippen LogP contribution in [0.15, 0.2) is 42.6 Å². The molecule has 0 saturated carbocycles. The highest BCUT2D eigenvalue weighted by atomic mass is 19.1. The minimum Gasteiger partial charge on any atom is -0.326 e. The number of hydrogen-bond donors (Lipinski definition) is 2. The standard InChI is InChI=1S/C14H14FN3O/c15-12-3-1-2-10(6-12)7-14(19)18-13-5-4-11(8-16)9-17-13/h1-6,9H,7-8,16H2,(H,17,18,19). The first kappa shape index (κ1) is 13.2. The molecule has 0 spiro atoms. The van der Waals surface area contributed by atoms with Crippen molar-refractivity contribution in [2.75, 3.05) is 5.32 Å². The van der Waals surface area contributed by atoms with E-state index in [1.165, 1.54) is 12.1 Å². The van der Waals surface area contributed by atoms with Gasteiger partial charge in [-0.2, -0.15) is 0 Å². The zero-order valence-electron chi connectivity index (χ0n) is 10.3. The molecular weight excluding hydrogens is 245 g/mol. The van der Waals surface area contributed by atoms with E-state index in [1.54, 1.807) is 30.5 Å². The fourth-order valence-corrected chi connectivity index (χ4v) is 1.64. The Bertz CT molecular complexity index is 569. The highest BCUT2D eigenvalue weighted by Gasteiger charge is 2.05. The van der Waals surface area contributed by atoms with Crippen molar-refractivity contribution in [2.24, 2.45) is 5.73 Å². The normalized spacial score (nSPS) is 10.2. The summed E-state index contributed by atoms with van der Waals surface area (Å²) in [5.41, 5.74) is 6.97. The molecule has 98 valence electrons. The third-order valence-corrected chi connectivity index (χ3v) is 2.58. The number of pyridine rings is 1. The maximum absolute atomic E-state index is 13.0. The second-order valence-electron chi connectivity index (χ2n) is 4.11. The minimum atomic E-state index is -0.351. The molecule has 1 heterocycles. The van der Waals surface area contributed by atoms with Gasteiger partial charge in [0.2, 0.25) is 5.91 Å². The van der Waals surface area contributed by atoms with Gasteiger partial charge in [0, 0.05) is 12.7 Å². The molecule has 0 unspecified atom stereocenters. The van der Waals surface area contributed by atoms with Gasteiger partial charge in [0.25, 0.3) is 0 Å². The van der Waals surface area contributed by atoms with Crippen LogP contribution in [-0.2, 0) is 17.8 Å². The van der Waals surface area contributed by atoms with Crippen LogP contribution in [0, 0.1) is 5.82 Å². The highest BCUT2D eigenvalue weighted by molar-refractivity contribution is 5.91. The Balaban J connectivity index is 1.97. The number of aromatic nitrogens is 1. The van der Waals surface area contributed by atoms with Crippen molar-refractivity contribution in [3.63, 3.8) is 0 Å². The predicted octanol–water partition coefficient (Wildman–Crippen LogP) is 1.86. The quantitative estimate of drug-likeness (QED) is 0.880. The predicted molar refractivity (Wildman–Crippen MR) is 70.9 cm³/mol. The van der Waals surface area contributed by atoms with Crippen molar-refractivity contribution in [3.8, 4) is 0 Å². The summed E-state index contributed by atoms with van der Waals surface area (Å²) in [7, 11) is 0. The average molecular weight is 259 g/mol. The molecule has 19 heavy (non-hydrogen) atoms. The molecule has 3 N–H and O–H groups in total. The summed E-state index contributed by atoms with van der Waals surface area (Å²) >= 11 is 0. The second kappa shape index (κ2) is 6.06. The largest absolute Gasteiger partial charge is 0.326 e. The molecule has 1 aromatic heterocycles. The van der Waals surface area contributed by atoms with Crippen LogP contribution in [0.1, 0.15) is 11.1 Å². The third kappa shape index (κ3) is 3.86. The van der Waals surface area contributed by atoms with Gasteiger partial charge in [-0.3, -0.25) is 4.79 Å². The van der Waals surface area contributed by atoms with Crippen LogP contribution in [0.3, 0.4) is 0 Å². The van der Waals surface area contributed by atoms with E-state index in [-0.39, 0.29) is 18.1 Å². The van der Waals surface area contributed by atoms with Gasteiger partial charge in [-0.05, 0) is 29.3 Å². The first-order valence-electron chi connectivity index (χ1n) is 5.86. The van der Waals surface area contributed by atoms with Gasteiger partial charge in [0.1, 0.15) is 11.6 Å². The lowest BCUT2D eigenvalue weighted by atomic mass is 10.1. The van der Waals surface area contributed by atoms with Crippen LogP contribution in [0.25, 0.3) is 0 Å². The van der Waals surface area contributed by atoms with Crippen molar-refractivity contribution < 1.29 is 9.18 Å². The van der Waals surface area contributed by atoms with E-state index >= 15 is 0 Å². The van der Waals surface area contributed by atoms with E-state index in [2.05, 4.69) is 10.3 Å². The van der Waals surface area contributed by atoms with Crippen molar-refractivity contribution in [3.05, 3.63) is 59.5 Å². The lowest BCUT2D eigenvalue weighted by Gasteiger charge is -2.05. The van der Waals surface area contributed by atoms with Gasteiger partial charge in [0.05, 0.1) is 6.42 Å². The number of carbonyl (C=O) groups is 1. The molecule has 0 radical (unpaired) electrons. The Kier molecular flexibility index (Phi) is 4.20. The molecule has 0 saturated heterocycles. The number of nitrogens with one attached hydrogen (secondary N) is 1. The van der Waals surface area contributed by atoms with E-state index in [1.807, 2.05) is 0 Å². The Morgan fingerprint density at radius 2 is 2.11 bits per heavy atom. The number of halogens is 1. The van der Waals surface area contributed by atoms with E-state index in [0.717, 1.165) is 5.56 Å². The topological polar surface area (TPSA) is 68.0 Å². The van der Waals surface area contributed by atoms with Gasteiger partial charge >= 0.3 is 0 Å². The molecule has 5 heteroatoms. The second-order valence-corrected chi connectivity index (χ2v) is 4.11. The molecule has 2 rings (SSSR count). The lowest BCUT2D eigenvalue weighted by molar-refractivity contribution is -0.115. The van der Waals surface area contributed by atoms with Crippen LogP contribution in [0.4, 0.5) is 10.2 Å². The van der Waals surface area contributed by atoms with Gasteiger partial charge in [-0.1, -0.05) is 18.2 Å². The van der Waals surface area contributed by atoms with Crippen molar-refractivity contribution >= 4 is 11.7 Å².